The maximum atomic E-state index is 12.3. The van der Waals surface area contributed by atoms with E-state index in [1.54, 1.807) is 55.5 Å². The van der Waals surface area contributed by atoms with Crippen molar-refractivity contribution in [2.45, 2.75) is 13.8 Å². The van der Waals surface area contributed by atoms with E-state index in [1.807, 2.05) is 19.1 Å². The van der Waals surface area contributed by atoms with Crippen molar-refractivity contribution in [3.63, 3.8) is 0 Å². The van der Waals surface area contributed by atoms with Crippen molar-refractivity contribution in [3.05, 3.63) is 82.6 Å². The summed E-state index contributed by atoms with van der Waals surface area (Å²) in [5.41, 5.74) is 2.30. The van der Waals surface area contributed by atoms with Gasteiger partial charge in [0.25, 0.3) is 5.91 Å². The van der Waals surface area contributed by atoms with Crippen LogP contribution in [0.3, 0.4) is 0 Å². The van der Waals surface area contributed by atoms with Gasteiger partial charge in [-0.15, -0.1) is 5.06 Å². The first-order chi connectivity index (χ1) is 13.9. The Morgan fingerprint density at radius 3 is 2.48 bits per heavy atom. The number of ether oxygens (including phenoxy) is 1. The largest absolute Gasteiger partial charge is 0.423 e. The van der Waals surface area contributed by atoms with Gasteiger partial charge >= 0.3 is 5.97 Å². The molecule has 0 bridgehead atoms. The number of hydroxylamine groups is 2. The molecule has 0 aliphatic carbocycles. The van der Waals surface area contributed by atoms with Gasteiger partial charge in [0, 0.05) is 6.08 Å². The van der Waals surface area contributed by atoms with Gasteiger partial charge in [-0.25, -0.2) is 4.79 Å². The highest BCUT2D eigenvalue weighted by atomic mass is 16.7. The Hall–Kier alpha value is -4.00. The Bertz CT molecular complexity index is 1110. The van der Waals surface area contributed by atoms with E-state index in [4.69, 9.17) is 15.0 Å². The molecule has 2 aliphatic heterocycles. The van der Waals surface area contributed by atoms with E-state index in [9.17, 15) is 9.59 Å². The van der Waals surface area contributed by atoms with E-state index in [0.29, 0.717) is 28.5 Å². The molecule has 7 heteroatoms. The minimum atomic E-state index is -0.509. The van der Waals surface area contributed by atoms with Crippen molar-refractivity contribution < 1.29 is 19.2 Å². The molecule has 2 aromatic carbocycles. The Morgan fingerprint density at radius 2 is 1.79 bits per heavy atom. The minimum absolute atomic E-state index is 0.0806. The summed E-state index contributed by atoms with van der Waals surface area (Å²) < 4.78 is 5.37. The number of carbonyl (C=O) groups excluding carboxylic acids is 2. The zero-order chi connectivity index (χ0) is 20.5. The number of allylic oxidation sites excluding steroid dienone is 1. The van der Waals surface area contributed by atoms with Crippen LogP contribution < -0.4 is 4.74 Å². The fourth-order valence-electron chi connectivity index (χ4n) is 2.85. The molecule has 144 valence electrons. The molecule has 1 amide bonds. The maximum absolute atomic E-state index is 12.3. The lowest BCUT2D eigenvalue weighted by molar-refractivity contribution is -0.114. The first-order valence-corrected chi connectivity index (χ1v) is 8.90. The summed E-state index contributed by atoms with van der Waals surface area (Å²) in [6.07, 6.45) is 3.15. The molecule has 0 atom stereocenters. The Kier molecular flexibility index (Phi) is 4.56. The topological polar surface area (TPSA) is 92.0 Å². The molecular formula is C22H17N3O4. The number of carbonyl (C=O) groups is 2. The first-order valence-electron chi connectivity index (χ1n) is 8.90. The molecule has 0 aromatic heterocycles. The van der Waals surface area contributed by atoms with Gasteiger partial charge in [0.05, 0.1) is 11.1 Å². The molecule has 2 heterocycles. The molecular weight excluding hydrogens is 370 g/mol. The summed E-state index contributed by atoms with van der Waals surface area (Å²) in [5.74, 6) is 0.200. The van der Waals surface area contributed by atoms with E-state index >= 15 is 0 Å². The fraction of sp³-hybridized carbons (Fsp3) is 0.0909. The first kappa shape index (κ1) is 18.4. The van der Waals surface area contributed by atoms with Crippen LogP contribution in [0, 0.1) is 12.3 Å². The summed E-state index contributed by atoms with van der Waals surface area (Å²) in [7, 11) is 0. The number of aliphatic imine (C=N–C) groups is 1. The third-order valence-corrected chi connectivity index (χ3v) is 4.37. The van der Waals surface area contributed by atoms with Crippen molar-refractivity contribution in [2.75, 3.05) is 0 Å². The van der Waals surface area contributed by atoms with Gasteiger partial charge in [0.15, 0.2) is 11.7 Å². The number of fused-ring (bicyclic) bond motifs is 1. The van der Waals surface area contributed by atoms with Gasteiger partial charge < -0.3 is 9.57 Å². The standard InChI is InChI=1S/C22H17N3O4/c1-13-3-7-16(8-4-13)22(27)28-17-9-5-15(6-10-17)12-18-20(23)25-19(24-21(18)26)11-14(2)29-25/h3-12,23H,1-2H3/b18-12-,23-20?. The van der Waals surface area contributed by atoms with Gasteiger partial charge in [-0.3, -0.25) is 10.2 Å². The Morgan fingerprint density at radius 1 is 1.10 bits per heavy atom. The van der Waals surface area contributed by atoms with E-state index < -0.39 is 11.9 Å². The number of benzene rings is 2. The second-order valence-corrected chi connectivity index (χ2v) is 6.65. The van der Waals surface area contributed by atoms with E-state index in [0.717, 1.165) is 5.56 Å². The van der Waals surface area contributed by atoms with Crippen LogP contribution in [0.1, 0.15) is 28.4 Å². The number of hydrogen-bond acceptors (Lipinski definition) is 5. The number of rotatable bonds is 3. The highest BCUT2D eigenvalue weighted by Crippen LogP contribution is 2.24. The van der Waals surface area contributed by atoms with Gasteiger partial charge in [0.2, 0.25) is 0 Å². The molecule has 0 unspecified atom stereocenters. The Labute approximate surface area is 167 Å². The van der Waals surface area contributed by atoms with Crippen molar-refractivity contribution in [2.24, 2.45) is 4.99 Å². The zero-order valence-corrected chi connectivity index (χ0v) is 15.8. The van der Waals surface area contributed by atoms with Crippen LogP contribution in [0.2, 0.25) is 0 Å². The summed E-state index contributed by atoms with van der Waals surface area (Å²) in [6, 6.07) is 13.8. The van der Waals surface area contributed by atoms with Gasteiger partial charge in [0.1, 0.15) is 11.5 Å². The normalized spacial score (nSPS) is 16.9. The number of esters is 1. The molecule has 0 fully saturated rings. The molecule has 29 heavy (non-hydrogen) atoms. The average Bonchev–Trinajstić information content (AvgIpc) is 3.07. The molecule has 0 spiro atoms. The van der Waals surface area contributed by atoms with Crippen molar-refractivity contribution in [1.29, 1.82) is 5.41 Å². The van der Waals surface area contributed by atoms with Gasteiger partial charge in [-0.2, -0.15) is 4.99 Å². The molecule has 2 aromatic rings. The second kappa shape index (κ2) is 7.20. The zero-order valence-electron chi connectivity index (χ0n) is 15.8. The molecule has 7 nitrogen and oxygen atoms in total. The number of nitrogens with zero attached hydrogens (tertiary/aromatic N) is 2. The summed E-state index contributed by atoms with van der Waals surface area (Å²) >= 11 is 0. The number of hydrogen-bond donors (Lipinski definition) is 1. The monoisotopic (exact) mass is 387 g/mol. The number of amides is 1. The lowest BCUT2D eigenvalue weighted by Crippen LogP contribution is -2.38. The van der Waals surface area contributed by atoms with Crippen molar-refractivity contribution in [1.82, 2.24) is 5.06 Å². The lowest BCUT2D eigenvalue weighted by Gasteiger charge is -2.22. The van der Waals surface area contributed by atoms with Crippen molar-refractivity contribution >= 4 is 29.6 Å². The fourth-order valence-corrected chi connectivity index (χ4v) is 2.85. The van der Waals surface area contributed by atoms with Gasteiger partial charge in [-0.05, 0) is 49.8 Å². The van der Waals surface area contributed by atoms with Crippen LogP contribution in [-0.4, -0.2) is 28.6 Å². The van der Waals surface area contributed by atoms with E-state index in [1.165, 1.54) is 5.06 Å². The summed E-state index contributed by atoms with van der Waals surface area (Å²) in [6.45, 7) is 3.66. The highest BCUT2D eigenvalue weighted by molar-refractivity contribution is 6.32. The average molecular weight is 387 g/mol. The van der Waals surface area contributed by atoms with E-state index in [-0.39, 0.29) is 11.4 Å². The highest BCUT2D eigenvalue weighted by Gasteiger charge is 2.34. The van der Waals surface area contributed by atoms with Crippen LogP contribution in [0.15, 0.2) is 70.9 Å². The number of aryl methyl sites for hydroxylation is 1. The minimum Gasteiger partial charge on any atom is -0.423 e. The SMILES string of the molecule is CC1=CC2=NC(=O)/C(=C\c3ccc(OC(=O)c4ccc(C)cc4)cc3)C(=N)N2O1. The van der Waals surface area contributed by atoms with Crippen LogP contribution in [0.4, 0.5) is 0 Å². The van der Waals surface area contributed by atoms with Crippen LogP contribution >= 0.6 is 0 Å². The maximum Gasteiger partial charge on any atom is 0.343 e. The van der Waals surface area contributed by atoms with Crippen LogP contribution in [0.5, 0.6) is 5.75 Å². The summed E-state index contributed by atoms with van der Waals surface area (Å²) in [5, 5.41) is 9.43. The molecule has 0 saturated heterocycles. The van der Waals surface area contributed by atoms with Gasteiger partial charge in [-0.1, -0.05) is 29.8 Å². The third-order valence-electron chi connectivity index (χ3n) is 4.37. The predicted molar refractivity (Wildman–Crippen MR) is 107 cm³/mol. The van der Waals surface area contributed by atoms with Crippen LogP contribution in [0.25, 0.3) is 6.08 Å². The molecule has 0 saturated carbocycles. The predicted octanol–water partition coefficient (Wildman–Crippen LogP) is 3.66. The summed E-state index contributed by atoms with van der Waals surface area (Å²) in [4.78, 5) is 33.8. The van der Waals surface area contributed by atoms with E-state index in [2.05, 4.69) is 4.99 Å². The molecule has 1 N–H and O–H groups in total. The lowest BCUT2D eigenvalue weighted by atomic mass is 10.1. The quantitative estimate of drug-likeness (QED) is 0.493. The smallest absolute Gasteiger partial charge is 0.343 e. The number of nitrogens with one attached hydrogen (secondary N) is 1. The molecule has 0 radical (unpaired) electrons. The molecule has 2 aliphatic rings. The number of amidine groups is 2. The molecule has 4 rings (SSSR count). The third kappa shape index (κ3) is 3.70. The Balaban J connectivity index is 1.50. The van der Waals surface area contributed by atoms with Crippen LogP contribution in [-0.2, 0) is 9.63 Å². The second-order valence-electron chi connectivity index (χ2n) is 6.65. The van der Waals surface area contributed by atoms with Crippen molar-refractivity contribution in [3.8, 4) is 5.75 Å².